The predicted octanol–water partition coefficient (Wildman–Crippen LogP) is 0.351. The van der Waals surface area contributed by atoms with Crippen LogP contribution >= 0.6 is 0 Å². The second-order valence-corrected chi connectivity index (χ2v) is 3.39. The number of hydrogen-bond acceptors (Lipinski definition) is 5. The highest BCUT2D eigenvalue weighted by atomic mass is 16.5. The third kappa shape index (κ3) is 3.23. The Balaban J connectivity index is 2.60. The highest BCUT2D eigenvalue weighted by molar-refractivity contribution is 5.47. The highest BCUT2D eigenvalue weighted by Crippen LogP contribution is 2.14. The van der Waals surface area contributed by atoms with Crippen molar-refractivity contribution in [2.45, 2.75) is 25.9 Å². The van der Waals surface area contributed by atoms with E-state index in [1.54, 1.807) is 0 Å². The van der Waals surface area contributed by atoms with E-state index in [9.17, 15) is 9.90 Å². The minimum atomic E-state index is -0.333. The first kappa shape index (κ1) is 12.5. The van der Waals surface area contributed by atoms with E-state index in [2.05, 4.69) is 15.3 Å². The summed E-state index contributed by atoms with van der Waals surface area (Å²) in [6.45, 7) is 2.46. The van der Waals surface area contributed by atoms with Crippen LogP contribution in [0.25, 0.3) is 0 Å². The molecule has 6 nitrogen and oxygen atoms in total. The number of H-pyrrole nitrogens is 1. The first-order chi connectivity index (χ1) is 7.69. The maximum absolute atomic E-state index is 11.3. The van der Waals surface area contributed by atoms with Gasteiger partial charge in [0.1, 0.15) is 0 Å². The summed E-state index contributed by atoms with van der Waals surface area (Å²) < 4.78 is 4.93. The number of aromatic nitrogens is 2. The standard InChI is InChI=1S/C10H17N3O3/c1-3-7(14)4-5-11-9-8(16-2)10(15)13-6-12-9/h6-7,14H,3-5H2,1-2H3,(H2,11,12,13,15). The zero-order chi connectivity index (χ0) is 12.0. The molecule has 6 heteroatoms. The zero-order valence-corrected chi connectivity index (χ0v) is 9.49. The molecular weight excluding hydrogens is 210 g/mol. The molecule has 16 heavy (non-hydrogen) atoms. The summed E-state index contributed by atoms with van der Waals surface area (Å²) in [5, 5.41) is 12.3. The van der Waals surface area contributed by atoms with Crippen molar-refractivity contribution in [2.75, 3.05) is 19.0 Å². The number of aliphatic hydroxyl groups is 1. The fourth-order valence-electron chi connectivity index (χ4n) is 1.26. The van der Waals surface area contributed by atoms with Crippen LogP contribution in [-0.4, -0.2) is 34.8 Å². The molecule has 3 N–H and O–H groups in total. The summed E-state index contributed by atoms with van der Waals surface area (Å²) in [5.41, 5.74) is -0.323. The van der Waals surface area contributed by atoms with Gasteiger partial charge in [-0.2, -0.15) is 0 Å². The normalized spacial score (nSPS) is 12.2. The minimum absolute atomic E-state index is 0.161. The molecule has 90 valence electrons. The zero-order valence-electron chi connectivity index (χ0n) is 9.49. The number of aliphatic hydroxyl groups excluding tert-OH is 1. The number of rotatable bonds is 6. The molecule has 0 aromatic carbocycles. The number of ether oxygens (including phenoxy) is 1. The number of hydrogen-bond donors (Lipinski definition) is 3. The second kappa shape index (κ2) is 6.12. The van der Waals surface area contributed by atoms with Crippen LogP contribution in [-0.2, 0) is 0 Å². The fraction of sp³-hybridized carbons (Fsp3) is 0.600. The molecule has 0 aliphatic rings. The van der Waals surface area contributed by atoms with Gasteiger partial charge in [-0.3, -0.25) is 4.79 Å². The summed E-state index contributed by atoms with van der Waals surface area (Å²) in [4.78, 5) is 17.7. The van der Waals surface area contributed by atoms with Gasteiger partial charge in [0.15, 0.2) is 5.82 Å². The Morgan fingerprint density at radius 2 is 2.44 bits per heavy atom. The molecule has 0 saturated heterocycles. The van der Waals surface area contributed by atoms with Gasteiger partial charge in [-0.05, 0) is 12.8 Å². The maximum atomic E-state index is 11.3. The molecular formula is C10H17N3O3. The first-order valence-corrected chi connectivity index (χ1v) is 5.22. The molecule has 0 radical (unpaired) electrons. The molecule has 0 bridgehead atoms. The minimum Gasteiger partial charge on any atom is -0.489 e. The number of methoxy groups -OCH3 is 1. The van der Waals surface area contributed by atoms with Crippen LogP contribution in [0.1, 0.15) is 19.8 Å². The smallest absolute Gasteiger partial charge is 0.295 e. The Labute approximate surface area is 93.7 Å². The van der Waals surface area contributed by atoms with Gasteiger partial charge in [0.2, 0.25) is 5.75 Å². The highest BCUT2D eigenvalue weighted by Gasteiger charge is 2.08. The van der Waals surface area contributed by atoms with E-state index in [4.69, 9.17) is 4.74 Å². The summed E-state index contributed by atoms with van der Waals surface area (Å²) in [5.74, 6) is 0.558. The maximum Gasteiger partial charge on any atom is 0.295 e. The summed E-state index contributed by atoms with van der Waals surface area (Å²) in [6, 6.07) is 0. The molecule has 0 saturated carbocycles. The molecule has 1 atom stereocenters. The molecule has 0 amide bonds. The third-order valence-electron chi connectivity index (χ3n) is 2.26. The molecule has 1 aromatic heterocycles. The summed E-state index contributed by atoms with van der Waals surface area (Å²) in [7, 11) is 1.42. The molecule has 1 aromatic rings. The monoisotopic (exact) mass is 227 g/mol. The van der Waals surface area contributed by atoms with Crippen LogP contribution in [0.3, 0.4) is 0 Å². The largest absolute Gasteiger partial charge is 0.489 e. The van der Waals surface area contributed by atoms with Crippen LogP contribution < -0.4 is 15.6 Å². The van der Waals surface area contributed by atoms with Crippen molar-refractivity contribution < 1.29 is 9.84 Å². The second-order valence-electron chi connectivity index (χ2n) is 3.39. The van der Waals surface area contributed by atoms with Gasteiger partial charge in [0.25, 0.3) is 5.56 Å². The van der Waals surface area contributed by atoms with Crippen LogP contribution in [0.5, 0.6) is 5.75 Å². The molecule has 0 spiro atoms. The Morgan fingerprint density at radius 3 is 3.06 bits per heavy atom. The summed E-state index contributed by atoms with van der Waals surface area (Å²) in [6.07, 6.45) is 2.29. The summed E-state index contributed by atoms with van der Waals surface area (Å²) >= 11 is 0. The van der Waals surface area contributed by atoms with E-state index in [1.807, 2.05) is 6.92 Å². The first-order valence-electron chi connectivity index (χ1n) is 5.22. The van der Waals surface area contributed by atoms with Crippen molar-refractivity contribution in [3.63, 3.8) is 0 Å². The lowest BCUT2D eigenvalue weighted by Crippen LogP contribution is -2.17. The van der Waals surface area contributed by atoms with E-state index in [-0.39, 0.29) is 17.4 Å². The molecule has 0 aliphatic carbocycles. The van der Waals surface area contributed by atoms with Gasteiger partial charge in [-0.1, -0.05) is 6.92 Å². The van der Waals surface area contributed by atoms with Crippen molar-refractivity contribution in [1.29, 1.82) is 0 Å². The Kier molecular flexibility index (Phi) is 4.78. The molecule has 0 fully saturated rings. The van der Waals surface area contributed by atoms with Crippen molar-refractivity contribution in [1.82, 2.24) is 9.97 Å². The third-order valence-corrected chi connectivity index (χ3v) is 2.26. The van der Waals surface area contributed by atoms with Crippen molar-refractivity contribution >= 4 is 5.82 Å². The van der Waals surface area contributed by atoms with Gasteiger partial charge in [0, 0.05) is 6.54 Å². The number of anilines is 1. The van der Waals surface area contributed by atoms with Gasteiger partial charge in [-0.15, -0.1) is 0 Å². The Hall–Kier alpha value is -1.56. The lowest BCUT2D eigenvalue weighted by Gasteiger charge is -2.10. The van der Waals surface area contributed by atoms with E-state index >= 15 is 0 Å². The van der Waals surface area contributed by atoms with Crippen LogP contribution in [0.2, 0.25) is 0 Å². The van der Waals surface area contributed by atoms with Gasteiger partial charge < -0.3 is 20.1 Å². The number of nitrogens with zero attached hydrogens (tertiary/aromatic N) is 1. The Morgan fingerprint density at radius 1 is 1.69 bits per heavy atom. The van der Waals surface area contributed by atoms with Crippen molar-refractivity contribution in [3.8, 4) is 5.75 Å². The average Bonchev–Trinajstić information content (AvgIpc) is 2.29. The predicted molar refractivity (Wildman–Crippen MR) is 60.8 cm³/mol. The van der Waals surface area contributed by atoms with Gasteiger partial charge >= 0.3 is 0 Å². The van der Waals surface area contributed by atoms with E-state index in [0.717, 1.165) is 0 Å². The lowest BCUT2D eigenvalue weighted by molar-refractivity contribution is 0.164. The molecule has 1 unspecified atom stereocenters. The van der Waals surface area contributed by atoms with Crippen LogP contribution in [0.4, 0.5) is 5.82 Å². The van der Waals surface area contributed by atoms with E-state index in [1.165, 1.54) is 13.4 Å². The molecule has 0 aliphatic heterocycles. The van der Waals surface area contributed by atoms with Crippen molar-refractivity contribution in [3.05, 3.63) is 16.7 Å². The number of nitrogens with one attached hydrogen (secondary N) is 2. The topological polar surface area (TPSA) is 87.2 Å². The quantitative estimate of drug-likeness (QED) is 0.652. The lowest BCUT2D eigenvalue weighted by atomic mass is 10.2. The van der Waals surface area contributed by atoms with Gasteiger partial charge in [0.05, 0.1) is 19.5 Å². The SMILES string of the molecule is CCC(O)CCNc1nc[nH]c(=O)c1OC. The number of aromatic amines is 1. The molecule has 1 heterocycles. The van der Waals surface area contributed by atoms with Crippen molar-refractivity contribution in [2.24, 2.45) is 0 Å². The van der Waals surface area contributed by atoms with Crippen LogP contribution in [0.15, 0.2) is 11.1 Å². The van der Waals surface area contributed by atoms with E-state index < -0.39 is 0 Å². The van der Waals surface area contributed by atoms with Crippen LogP contribution in [0, 0.1) is 0 Å². The fourth-order valence-corrected chi connectivity index (χ4v) is 1.26. The van der Waals surface area contributed by atoms with E-state index in [0.29, 0.717) is 25.2 Å². The van der Waals surface area contributed by atoms with Gasteiger partial charge in [-0.25, -0.2) is 4.98 Å². The molecule has 1 rings (SSSR count). The Bertz CT molecular complexity index is 378. The average molecular weight is 227 g/mol.